The van der Waals surface area contributed by atoms with Crippen LogP contribution in [0.1, 0.15) is 69.1 Å². The SMILES string of the molecule is CC(=O)NC1(c2noc(CCC(=O)Nc3cc(N)ccc3C)n2)CCCCCC1.Cl. The molecule has 2 amide bonds. The molecule has 1 aromatic heterocycles. The van der Waals surface area contributed by atoms with Crippen molar-refractivity contribution < 1.29 is 14.1 Å². The number of hydrogen-bond donors (Lipinski definition) is 3. The van der Waals surface area contributed by atoms with Gasteiger partial charge in [-0.3, -0.25) is 9.59 Å². The number of nitrogens with two attached hydrogens (primary N) is 1. The van der Waals surface area contributed by atoms with Crippen molar-refractivity contribution in [3.05, 3.63) is 35.5 Å². The summed E-state index contributed by atoms with van der Waals surface area (Å²) in [6, 6.07) is 5.40. The summed E-state index contributed by atoms with van der Waals surface area (Å²) in [5, 5.41) is 10.1. The van der Waals surface area contributed by atoms with Gasteiger partial charge in [0.1, 0.15) is 5.54 Å². The van der Waals surface area contributed by atoms with E-state index in [9.17, 15) is 9.59 Å². The van der Waals surface area contributed by atoms with Crippen molar-refractivity contribution in [1.29, 1.82) is 0 Å². The molecule has 0 unspecified atom stereocenters. The highest BCUT2D eigenvalue weighted by Gasteiger charge is 2.38. The molecule has 0 radical (unpaired) electrons. The summed E-state index contributed by atoms with van der Waals surface area (Å²) in [7, 11) is 0. The second-order valence-corrected chi connectivity index (χ2v) is 7.81. The summed E-state index contributed by atoms with van der Waals surface area (Å²) in [6.45, 7) is 3.42. The van der Waals surface area contributed by atoms with Gasteiger partial charge in [0.05, 0.1) is 0 Å². The van der Waals surface area contributed by atoms with Crippen LogP contribution in [0.15, 0.2) is 22.7 Å². The quantitative estimate of drug-likeness (QED) is 0.470. The van der Waals surface area contributed by atoms with Gasteiger partial charge in [0.15, 0.2) is 5.82 Å². The molecule has 0 saturated heterocycles. The summed E-state index contributed by atoms with van der Waals surface area (Å²) >= 11 is 0. The predicted octanol–water partition coefficient (Wildman–Crippen LogP) is 3.64. The number of nitrogen functional groups attached to an aromatic ring is 1. The molecule has 0 atom stereocenters. The predicted molar refractivity (Wildman–Crippen MR) is 117 cm³/mol. The van der Waals surface area contributed by atoms with E-state index in [0.29, 0.717) is 29.5 Å². The second-order valence-electron chi connectivity index (χ2n) is 7.81. The zero-order chi connectivity index (χ0) is 20.9. The number of aromatic nitrogens is 2. The van der Waals surface area contributed by atoms with Crippen LogP contribution >= 0.6 is 12.4 Å². The highest BCUT2D eigenvalue weighted by molar-refractivity contribution is 5.92. The lowest BCUT2D eigenvalue weighted by atomic mass is 9.89. The lowest BCUT2D eigenvalue weighted by molar-refractivity contribution is -0.121. The fraction of sp³-hybridized carbons (Fsp3) is 0.524. The van der Waals surface area contributed by atoms with Crippen LogP contribution in [-0.2, 0) is 21.5 Å². The Morgan fingerprint density at radius 1 is 1.20 bits per heavy atom. The van der Waals surface area contributed by atoms with Gasteiger partial charge in [-0.25, -0.2) is 0 Å². The molecule has 164 valence electrons. The Hall–Kier alpha value is -2.61. The fourth-order valence-electron chi connectivity index (χ4n) is 3.83. The topological polar surface area (TPSA) is 123 Å². The Morgan fingerprint density at radius 3 is 2.57 bits per heavy atom. The summed E-state index contributed by atoms with van der Waals surface area (Å²) in [5.74, 6) is 0.657. The summed E-state index contributed by atoms with van der Waals surface area (Å²) < 4.78 is 5.40. The summed E-state index contributed by atoms with van der Waals surface area (Å²) in [5.41, 5.74) is 7.44. The van der Waals surface area contributed by atoms with Crippen molar-refractivity contribution in [1.82, 2.24) is 15.5 Å². The monoisotopic (exact) mass is 435 g/mol. The van der Waals surface area contributed by atoms with Gasteiger partial charge in [0.2, 0.25) is 17.7 Å². The van der Waals surface area contributed by atoms with Crippen LogP contribution in [0.5, 0.6) is 0 Å². The third-order valence-corrected chi connectivity index (χ3v) is 5.37. The molecule has 8 nitrogen and oxygen atoms in total. The van der Waals surface area contributed by atoms with E-state index in [0.717, 1.165) is 44.1 Å². The second kappa shape index (κ2) is 10.4. The van der Waals surface area contributed by atoms with E-state index in [1.807, 2.05) is 13.0 Å². The van der Waals surface area contributed by atoms with Gasteiger partial charge in [-0.1, -0.05) is 36.9 Å². The van der Waals surface area contributed by atoms with E-state index >= 15 is 0 Å². The molecular formula is C21H30ClN5O3. The Morgan fingerprint density at radius 2 is 1.90 bits per heavy atom. The average Bonchev–Trinajstić information content (AvgIpc) is 3.03. The van der Waals surface area contributed by atoms with Gasteiger partial charge < -0.3 is 20.9 Å². The van der Waals surface area contributed by atoms with Crippen LogP contribution in [0.2, 0.25) is 0 Å². The Bertz CT molecular complexity index is 875. The maximum absolute atomic E-state index is 12.3. The van der Waals surface area contributed by atoms with Gasteiger partial charge in [-0.05, 0) is 37.5 Å². The largest absolute Gasteiger partial charge is 0.399 e. The number of carbonyl (C=O) groups is 2. The van der Waals surface area contributed by atoms with Crippen LogP contribution < -0.4 is 16.4 Å². The van der Waals surface area contributed by atoms with Crippen molar-refractivity contribution in [2.45, 2.75) is 70.8 Å². The van der Waals surface area contributed by atoms with Crippen molar-refractivity contribution >= 4 is 35.6 Å². The van der Waals surface area contributed by atoms with Crippen LogP contribution in [0, 0.1) is 6.92 Å². The first-order valence-corrected chi connectivity index (χ1v) is 10.2. The highest BCUT2D eigenvalue weighted by atomic mass is 35.5. The first-order chi connectivity index (χ1) is 13.9. The zero-order valence-corrected chi connectivity index (χ0v) is 18.3. The third-order valence-electron chi connectivity index (χ3n) is 5.37. The van der Waals surface area contributed by atoms with Crippen molar-refractivity contribution in [3.63, 3.8) is 0 Å². The molecule has 3 rings (SSSR count). The molecule has 1 fully saturated rings. The minimum absolute atomic E-state index is 0. The Kier molecular flexibility index (Phi) is 8.23. The van der Waals surface area contributed by atoms with E-state index in [1.165, 1.54) is 6.92 Å². The number of halogens is 1. The lowest BCUT2D eigenvalue weighted by Gasteiger charge is -2.30. The minimum atomic E-state index is -0.578. The molecule has 4 N–H and O–H groups in total. The molecule has 1 saturated carbocycles. The number of anilines is 2. The van der Waals surface area contributed by atoms with Crippen molar-refractivity contribution in [3.8, 4) is 0 Å². The van der Waals surface area contributed by atoms with Crippen molar-refractivity contribution in [2.75, 3.05) is 11.1 Å². The summed E-state index contributed by atoms with van der Waals surface area (Å²) in [6.07, 6.45) is 6.41. The van der Waals surface area contributed by atoms with Crippen LogP contribution in [0.25, 0.3) is 0 Å². The fourth-order valence-corrected chi connectivity index (χ4v) is 3.83. The van der Waals surface area contributed by atoms with Crippen LogP contribution in [-0.4, -0.2) is 22.0 Å². The molecule has 1 heterocycles. The smallest absolute Gasteiger partial charge is 0.227 e. The van der Waals surface area contributed by atoms with E-state index in [-0.39, 0.29) is 30.6 Å². The molecule has 30 heavy (non-hydrogen) atoms. The molecule has 2 aromatic rings. The first-order valence-electron chi connectivity index (χ1n) is 10.2. The number of hydrogen-bond acceptors (Lipinski definition) is 6. The highest BCUT2D eigenvalue weighted by Crippen LogP contribution is 2.34. The van der Waals surface area contributed by atoms with Gasteiger partial charge in [0.25, 0.3) is 0 Å². The Labute approximate surface area is 182 Å². The standard InChI is InChI=1S/C21H29N5O3.ClH/c1-14-7-8-16(22)13-17(14)23-18(28)9-10-19-24-20(26-29-19)21(25-15(2)27)11-5-3-4-6-12-21;/h7-8,13H,3-6,9-12,22H2,1-2H3,(H,23,28)(H,25,27);1H. The number of nitrogens with zero attached hydrogens (tertiary/aromatic N) is 2. The van der Waals surface area contributed by atoms with Gasteiger partial charge in [-0.15, -0.1) is 12.4 Å². The number of amides is 2. The maximum Gasteiger partial charge on any atom is 0.227 e. The number of rotatable bonds is 6. The molecule has 0 aliphatic heterocycles. The number of aryl methyl sites for hydroxylation is 2. The molecule has 0 spiro atoms. The molecule has 0 bridgehead atoms. The number of nitrogens with one attached hydrogen (secondary N) is 2. The molecular weight excluding hydrogens is 406 g/mol. The number of carbonyl (C=O) groups excluding carboxylic acids is 2. The van der Waals surface area contributed by atoms with Gasteiger partial charge in [-0.2, -0.15) is 4.98 Å². The Balaban J connectivity index is 0.00000320. The van der Waals surface area contributed by atoms with Gasteiger partial charge in [0, 0.05) is 31.1 Å². The van der Waals surface area contributed by atoms with E-state index < -0.39 is 5.54 Å². The molecule has 1 aliphatic carbocycles. The lowest BCUT2D eigenvalue weighted by Crippen LogP contribution is -2.45. The minimum Gasteiger partial charge on any atom is -0.399 e. The average molecular weight is 436 g/mol. The zero-order valence-electron chi connectivity index (χ0n) is 17.5. The van der Waals surface area contributed by atoms with Crippen LogP contribution in [0.4, 0.5) is 11.4 Å². The first kappa shape index (κ1) is 23.7. The molecule has 1 aromatic carbocycles. The third kappa shape index (κ3) is 5.95. The molecule has 9 heteroatoms. The van der Waals surface area contributed by atoms with E-state index in [2.05, 4.69) is 20.8 Å². The number of benzene rings is 1. The van der Waals surface area contributed by atoms with E-state index in [4.69, 9.17) is 10.3 Å². The van der Waals surface area contributed by atoms with Gasteiger partial charge >= 0.3 is 0 Å². The van der Waals surface area contributed by atoms with Crippen LogP contribution in [0.3, 0.4) is 0 Å². The summed E-state index contributed by atoms with van der Waals surface area (Å²) in [4.78, 5) is 28.6. The van der Waals surface area contributed by atoms with E-state index in [1.54, 1.807) is 12.1 Å². The van der Waals surface area contributed by atoms with Crippen molar-refractivity contribution in [2.24, 2.45) is 0 Å². The maximum atomic E-state index is 12.3. The normalized spacial score (nSPS) is 15.5. The molecule has 1 aliphatic rings.